The second kappa shape index (κ2) is 8.97. The minimum absolute atomic E-state index is 0.114. The Balaban J connectivity index is 3.35. The summed E-state index contributed by atoms with van der Waals surface area (Å²) in [7, 11) is 0. The Kier molecular flexibility index (Phi) is 8.57. The van der Waals surface area contributed by atoms with Gasteiger partial charge < -0.3 is 15.5 Å². The number of rotatable bonds is 8. The molecule has 0 radical (unpaired) electrons. The predicted molar refractivity (Wildman–Crippen MR) is 54.6 cm³/mol. The monoisotopic (exact) mass is 203 g/mol. The van der Waals surface area contributed by atoms with Crippen LogP contribution in [0.5, 0.6) is 0 Å². The van der Waals surface area contributed by atoms with Crippen LogP contribution in [-0.4, -0.2) is 29.0 Å². The van der Waals surface area contributed by atoms with E-state index in [1.54, 1.807) is 0 Å². The third-order valence-electron chi connectivity index (χ3n) is 1.99. The van der Waals surface area contributed by atoms with Gasteiger partial charge in [-0.1, -0.05) is 26.2 Å². The molecule has 3 N–H and O–H groups in total. The number of carbonyl (C=O) groups is 1. The lowest BCUT2D eigenvalue weighted by atomic mass is 10.1. The third kappa shape index (κ3) is 8.01. The third-order valence-corrected chi connectivity index (χ3v) is 1.99. The molecule has 4 nitrogen and oxygen atoms in total. The fourth-order valence-electron chi connectivity index (χ4n) is 1.16. The molecule has 4 heteroatoms. The lowest BCUT2D eigenvalue weighted by molar-refractivity contribution is -0.124. The molecule has 0 aromatic heterocycles. The van der Waals surface area contributed by atoms with Crippen LogP contribution < -0.4 is 5.32 Å². The Morgan fingerprint density at radius 1 is 1.36 bits per heavy atom. The van der Waals surface area contributed by atoms with Crippen molar-refractivity contribution in [3.8, 4) is 0 Å². The van der Waals surface area contributed by atoms with Crippen molar-refractivity contribution in [1.29, 1.82) is 0 Å². The first kappa shape index (κ1) is 13.4. The molecule has 0 aliphatic rings. The van der Waals surface area contributed by atoms with Crippen molar-refractivity contribution in [3.63, 3.8) is 0 Å². The summed E-state index contributed by atoms with van der Waals surface area (Å²) in [6.07, 6.45) is 3.97. The molecule has 1 amide bonds. The Hall–Kier alpha value is -0.610. The van der Waals surface area contributed by atoms with E-state index >= 15 is 0 Å². The fourth-order valence-corrected chi connectivity index (χ4v) is 1.16. The number of hydrogen-bond donors (Lipinski definition) is 3. The van der Waals surface area contributed by atoms with Crippen LogP contribution in [0, 0.1) is 0 Å². The van der Waals surface area contributed by atoms with Gasteiger partial charge in [0.05, 0.1) is 0 Å². The highest BCUT2D eigenvalue weighted by Crippen LogP contribution is 2.02. The van der Waals surface area contributed by atoms with Gasteiger partial charge in [0.2, 0.25) is 5.91 Å². The summed E-state index contributed by atoms with van der Waals surface area (Å²) in [4.78, 5) is 11.1. The summed E-state index contributed by atoms with van der Waals surface area (Å²) in [5, 5.41) is 20.0. The van der Waals surface area contributed by atoms with Crippen molar-refractivity contribution in [2.75, 3.05) is 6.61 Å². The maximum absolute atomic E-state index is 11.1. The van der Waals surface area contributed by atoms with Gasteiger partial charge in [-0.05, 0) is 6.42 Å². The van der Waals surface area contributed by atoms with Gasteiger partial charge in [-0.3, -0.25) is 4.79 Å². The quantitative estimate of drug-likeness (QED) is 0.403. The zero-order valence-corrected chi connectivity index (χ0v) is 8.83. The van der Waals surface area contributed by atoms with Crippen molar-refractivity contribution in [3.05, 3.63) is 0 Å². The van der Waals surface area contributed by atoms with Gasteiger partial charge in [0.1, 0.15) is 6.23 Å². The molecule has 0 spiro atoms. The van der Waals surface area contributed by atoms with Crippen molar-refractivity contribution in [2.24, 2.45) is 0 Å². The smallest absolute Gasteiger partial charge is 0.221 e. The minimum atomic E-state index is -0.904. The van der Waals surface area contributed by atoms with E-state index < -0.39 is 6.23 Å². The van der Waals surface area contributed by atoms with Gasteiger partial charge in [-0.15, -0.1) is 0 Å². The molecule has 0 aromatic rings. The second-order valence-corrected chi connectivity index (χ2v) is 3.41. The Morgan fingerprint density at radius 3 is 2.64 bits per heavy atom. The zero-order chi connectivity index (χ0) is 10.8. The van der Waals surface area contributed by atoms with Crippen LogP contribution in [-0.2, 0) is 4.79 Å². The molecule has 0 heterocycles. The number of nitrogens with one attached hydrogen (secondary N) is 1. The van der Waals surface area contributed by atoms with E-state index in [0.29, 0.717) is 6.42 Å². The van der Waals surface area contributed by atoms with Gasteiger partial charge in [-0.25, -0.2) is 0 Å². The van der Waals surface area contributed by atoms with Crippen LogP contribution in [0.1, 0.15) is 45.4 Å². The molecule has 0 aliphatic carbocycles. The number of aliphatic hydroxyl groups excluding tert-OH is 2. The summed E-state index contributed by atoms with van der Waals surface area (Å²) in [5.41, 5.74) is 0. The summed E-state index contributed by atoms with van der Waals surface area (Å²) < 4.78 is 0. The Labute approximate surface area is 85.3 Å². The summed E-state index contributed by atoms with van der Waals surface area (Å²) in [5.74, 6) is -0.137. The van der Waals surface area contributed by atoms with Crippen molar-refractivity contribution in [1.82, 2.24) is 5.32 Å². The first-order valence-electron chi connectivity index (χ1n) is 5.29. The van der Waals surface area contributed by atoms with E-state index in [0.717, 1.165) is 25.7 Å². The number of hydrogen-bond acceptors (Lipinski definition) is 3. The standard InChI is InChI=1S/C10H21NO3/c1-2-3-4-5-6-9(13)11-10(14)7-8-12/h10,12,14H,2-8H2,1H3,(H,11,13). The summed E-state index contributed by atoms with van der Waals surface area (Å²) >= 11 is 0. The fraction of sp³-hybridized carbons (Fsp3) is 0.900. The molecule has 0 rings (SSSR count). The van der Waals surface area contributed by atoms with Crippen molar-refractivity contribution < 1.29 is 15.0 Å². The van der Waals surface area contributed by atoms with Gasteiger partial charge in [0.25, 0.3) is 0 Å². The molecule has 0 saturated carbocycles. The highest BCUT2D eigenvalue weighted by atomic mass is 16.3. The molecule has 1 unspecified atom stereocenters. The van der Waals surface area contributed by atoms with E-state index in [1.807, 2.05) is 0 Å². The van der Waals surface area contributed by atoms with Crippen molar-refractivity contribution in [2.45, 2.75) is 51.7 Å². The Morgan fingerprint density at radius 2 is 2.07 bits per heavy atom. The zero-order valence-electron chi connectivity index (χ0n) is 8.83. The molecule has 14 heavy (non-hydrogen) atoms. The van der Waals surface area contributed by atoms with Crippen molar-refractivity contribution >= 4 is 5.91 Å². The number of amides is 1. The largest absolute Gasteiger partial charge is 0.396 e. The summed E-state index contributed by atoms with van der Waals surface area (Å²) in [6, 6.07) is 0. The Bertz CT molecular complexity index is 150. The molecule has 0 bridgehead atoms. The topological polar surface area (TPSA) is 69.6 Å². The van der Waals surface area contributed by atoms with Gasteiger partial charge >= 0.3 is 0 Å². The van der Waals surface area contributed by atoms with Crippen LogP contribution in [0.15, 0.2) is 0 Å². The normalized spacial score (nSPS) is 12.5. The van der Waals surface area contributed by atoms with Crippen LogP contribution in [0.4, 0.5) is 0 Å². The lowest BCUT2D eigenvalue weighted by Gasteiger charge is -2.10. The van der Waals surface area contributed by atoms with Gasteiger partial charge in [0, 0.05) is 19.4 Å². The van der Waals surface area contributed by atoms with E-state index in [4.69, 9.17) is 10.2 Å². The number of aliphatic hydroxyl groups is 2. The molecular formula is C10H21NO3. The van der Waals surface area contributed by atoms with Crippen LogP contribution in [0.3, 0.4) is 0 Å². The van der Waals surface area contributed by atoms with E-state index in [2.05, 4.69) is 12.2 Å². The molecule has 0 fully saturated rings. The van der Waals surface area contributed by atoms with E-state index in [1.165, 1.54) is 0 Å². The average Bonchev–Trinajstić information content (AvgIpc) is 2.13. The van der Waals surface area contributed by atoms with Crippen LogP contribution >= 0.6 is 0 Å². The predicted octanol–water partition coefficient (Wildman–Crippen LogP) is 0.774. The lowest BCUT2D eigenvalue weighted by Crippen LogP contribution is -2.35. The van der Waals surface area contributed by atoms with E-state index in [9.17, 15) is 4.79 Å². The first-order valence-corrected chi connectivity index (χ1v) is 5.29. The number of unbranched alkanes of at least 4 members (excludes halogenated alkanes) is 3. The highest BCUT2D eigenvalue weighted by Gasteiger charge is 2.06. The second-order valence-electron chi connectivity index (χ2n) is 3.41. The molecule has 0 aromatic carbocycles. The molecule has 84 valence electrons. The molecule has 0 aliphatic heterocycles. The molecule has 0 saturated heterocycles. The molecular weight excluding hydrogens is 182 g/mol. The SMILES string of the molecule is CCCCCCC(=O)NC(O)CCO. The van der Waals surface area contributed by atoms with Gasteiger partial charge in [0.15, 0.2) is 0 Å². The average molecular weight is 203 g/mol. The first-order chi connectivity index (χ1) is 6.70. The van der Waals surface area contributed by atoms with Gasteiger partial charge in [-0.2, -0.15) is 0 Å². The van der Waals surface area contributed by atoms with Crippen LogP contribution in [0.25, 0.3) is 0 Å². The van der Waals surface area contributed by atoms with E-state index in [-0.39, 0.29) is 18.9 Å². The molecule has 1 atom stereocenters. The highest BCUT2D eigenvalue weighted by molar-refractivity contribution is 5.75. The minimum Gasteiger partial charge on any atom is -0.396 e. The maximum Gasteiger partial charge on any atom is 0.221 e. The van der Waals surface area contributed by atoms with Crippen LogP contribution in [0.2, 0.25) is 0 Å². The number of carbonyl (C=O) groups excluding carboxylic acids is 1. The maximum atomic E-state index is 11.1. The summed E-state index contributed by atoms with van der Waals surface area (Å²) in [6.45, 7) is 2.00.